The Kier molecular flexibility index (Phi) is 4.72. The first-order chi connectivity index (χ1) is 13.1. The van der Waals surface area contributed by atoms with Gasteiger partial charge >= 0.3 is 0 Å². The van der Waals surface area contributed by atoms with Gasteiger partial charge in [-0.3, -0.25) is 4.79 Å². The largest absolute Gasteiger partial charge is 0.486 e. The first kappa shape index (κ1) is 17.4. The number of hydrogen-bond donors (Lipinski definition) is 1. The van der Waals surface area contributed by atoms with Crippen LogP contribution >= 0.6 is 15.9 Å². The van der Waals surface area contributed by atoms with E-state index >= 15 is 0 Å². The van der Waals surface area contributed by atoms with Gasteiger partial charge in [-0.1, -0.05) is 15.9 Å². The zero-order chi connectivity index (χ0) is 18.8. The molecule has 2 aromatic carbocycles. The Morgan fingerprint density at radius 2 is 1.96 bits per heavy atom. The fourth-order valence-corrected chi connectivity index (χ4v) is 2.81. The molecule has 0 unspecified atom stereocenters. The Balaban J connectivity index is 1.38. The van der Waals surface area contributed by atoms with Crippen LogP contribution in [0.5, 0.6) is 17.2 Å². The van der Waals surface area contributed by atoms with Crippen LogP contribution in [0.15, 0.2) is 57.4 Å². The lowest BCUT2D eigenvalue weighted by atomic mass is 10.3. The van der Waals surface area contributed by atoms with Crippen molar-refractivity contribution in [2.75, 3.05) is 12.1 Å². The third-order valence-electron chi connectivity index (χ3n) is 3.79. The van der Waals surface area contributed by atoms with Crippen molar-refractivity contribution in [2.24, 2.45) is 0 Å². The van der Waals surface area contributed by atoms with Gasteiger partial charge < -0.3 is 23.9 Å². The number of anilines is 1. The zero-order valence-electron chi connectivity index (χ0n) is 13.8. The number of hydrogen-bond acceptors (Lipinski definition) is 5. The molecule has 1 aromatic heterocycles. The van der Waals surface area contributed by atoms with Crippen LogP contribution in [0.4, 0.5) is 10.1 Å². The Morgan fingerprint density at radius 1 is 1.11 bits per heavy atom. The minimum atomic E-state index is -0.550. The fraction of sp³-hybridized carbons (Fsp3) is 0.105. The van der Waals surface area contributed by atoms with E-state index in [1.165, 1.54) is 18.2 Å². The molecule has 138 valence electrons. The molecule has 4 rings (SSSR count). The lowest BCUT2D eigenvalue weighted by Gasteiger charge is -2.06. The van der Waals surface area contributed by atoms with Gasteiger partial charge in [0.05, 0.1) is 5.69 Å². The van der Waals surface area contributed by atoms with Gasteiger partial charge in [-0.15, -0.1) is 0 Å². The molecule has 2 heterocycles. The van der Waals surface area contributed by atoms with Crippen molar-refractivity contribution >= 4 is 27.5 Å². The van der Waals surface area contributed by atoms with Crippen LogP contribution in [0, 0.1) is 5.82 Å². The number of carbonyl (C=O) groups excluding carboxylic acids is 1. The van der Waals surface area contributed by atoms with Crippen molar-refractivity contribution in [3.05, 3.63) is 70.3 Å². The van der Waals surface area contributed by atoms with Gasteiger partial charge in [0.1, 0.15) is 23.9 Å². The van der Waals surface area contributed by atoms with Gasteiger partial charge in [0.15, 0.2) is 17.3 Å². The second-order valence-corrected chi connectivity index (χ2v) is 6.56. The summed E-state index contributed by atoms with van der Waals surface area (Å²) in [5.41, 5.74) is 0.0674. The minimum Gasteiger partial charge on any atom is -0.486 e. The molecule has 0 aliphatic carbocycles. The molecule has 1 aliphatic heterocycles. The van der Waals surface area contributed by atoms with Crippen molar-refractivity contribution in [1.29, 1.82) is 0 Å². The van der Waals surface area contributed by atoms with Crippen molar-refractivity contribution in [2.45, 2.75) is 6.61 Å². The van der Waals surface area contributed by atoms with Crippen LogP contribution in [-0.2, 0) is 6.61 Å². The predicted molar refractivity (Wildman–Crippen MR) is 97.7 cm³/mol. The molecule has 0 spiro atoms. The molecule has 0 atom stereocenters. The van der Waals surface area contributed by atoms with E-state index in [9.17, 15) is 9.18 Å². The molecular weight excluding hydrogens is 421 g/mol. The minimum absolute atomic E-state index is 0.0570. The number of nitrogens with one attached hydrogen (secondary N) is 1. The molecule has 0 radical (unpaired) electrons. The van der Waals surface area contributed by atoms with E-state index in [1.807, 2.05) is 0 Å². The molecule has 0 bridgehead atoms. The topological polar surface area (TPSA) is 69.9 Å². The van der Waals surface area contributed by atoms with Gasteiger partial charge in [-0.05, 0) is 42.5 Å². The first-order valence-electron chi connectivity index (χ1n) is 7.96. The van der Waals surface area contributed by atoms with E-state index in [4.69, 9.17) is 18.6 Å². The van der Waals surface area contributed by atoms with Crippen LogP contribution < -0.4 is 19.5 Å². The lowest BCUT2D eigenvalue weighted by molar-refractivity contribution is 0.0992. The second kappa shape index (κ2) is 7.32. The number of halogens is 2. The molecule has 3 aromatic rings. The number of rotatable bonds is 5. The van der Waals surface area contributed by atoms with Gasteiger partial charge in [-0.2, -0.15) is 0 Å². The van der Waals surface area contributed by atoms with Gasteiger partial charge in [0.25, 0.3) is 5.91 Å². The average Bonchev–Trinajstić information content (AvgIpc) is 3.31. The Labute approximate surface area is 162 Å². The summed E-state index contributed by atoms with van der Waals surface area (Å²) in [5.74, 6) is 1.28. The molecule has 1 amide bonds. The first-order valence-corrected chi connectivity index (χ1v) is 8.75. The highest BCUT2D eigenvalue weighted by atomic mass is 79.9. The predicted octanol–water partition coefficient (Wildman–Crippen LogP) is 4.74. The zero-order valence-corrected chi connectivity index (χ0v) is 15.4. The highest BCUT2D eigenvalue weighted by Gasteiger charge is 2.16. The Hall–Kier alpha value is -3.00. The van der Waals surface area contributed by atoms with Crippen LogP contribution in [0.25, 0.3) is 0 Å². The van der Waals surface area contributed by atoms with Crippen molar-refractivity contribution in [3.8, 4) is 17.2 Å². The van der Waals surface area contributed by atoms with E-state index in [0.29, 0.717) is 27.5 Å². The summed E-state index contributed by atoms with van der Waals surface area (Å²) in [5, 5.41) is 2.47. The molecule has 0 saturated carbocycles. The van der Waals surface area contributed by atoms with E-state index < -0.39 is 11.7 Å². The van der Waals surface area contributed by atoms with Crippen molar-refractivity contribution in [3.63, 3.8) is 0 Å². The normalized spacial score (nSPS) is 12.1. The average molecular weight is 434 g/mol. The number of fused-ring (bicyclic) bond motifs is 1. The third-order valence-corrected chi connectivity index (χ3v) is 4.28. The summed E-state index contributed by atoms with van der Waals surface area (Å²) in [6.07, 6.45) is 0. The molecule has 6 nitrogen and oxygen atoms in total. The fourth-order valence-electron chi connectivity index (χ4n) is 2.47. The van der Waals surface area contributed by atoms with Gasteiger partial charge in [-0.25, -0.2) is 4.39 Å². The molecule has 1 N–H and O–H groups in total. The summed E-state index contributed by atoms with van der Waals surface area (Å²) in [6, 6.07) is 12.7. The van der Waals surface area contributed by atoms with Crippen molar-refractivity contribution in [1.82, 2.24) is 0 Å². The van der Waals surface area contributed by atoms with Crippen LogP contribution in [-0.4, -0.2) is 12.7 Å². The number of furan rings is 1. The maximum atomic E-state index is 13.8. The van der Waals surface area contributed by atoms with Crippen LogP contribution in [0.2, 0.25) is 0 Å². The number of benzene rings is 2. The van der Waals surface area contributed by atoms with Gasteiger partial charge in [0, 0.05) is 10.5 Å². The highest BCUT2D eigenvalue weighted by molar-refractivity contribution is 9.10. The highest BCUT2D eigenvalue weighted by Crippen LogP contribution is 2.35. The molecular formula is C19H13BrFNO5. The van der Waals surface area contributed by atoms with Crippen molar-refractivity contribution < 1.29 is 27.8 Å². The molecule has 0 fully saturated rings. The molecule has 8 heteroatoms. The second-order valence-electron chi connectivity index (χ2n) is 5.65. The van der Waals surface area contributed by atoms with Gasteiger partial charge in [0.2, 0.25) is 6.79 Å². The maximum Gasteiger partial charge on any atom is 0.291 e. The van der Waals surface area contributed by atoms with Crippen LogP contribution in [0.3, 0.4) is 0 Å². The van der Waals surface area contributed by atoms with Crippen LogP contribution in [0.1, 0.15) is 16.3 Å². The third kappa shape index (κ3) is 3.90. The lowest BCUT2D eigenvalue weighted by Crippen LogP contribution is -2.12. The maximum absolute atomic E-state index is 13.8. The number of carbonyl (C=O) groups is 1. The summed E-state index contributed by atoms with van der Waals surface area (Å²) in [4.78, 5) is 12.2. The smallest absolute Gasteiger partial charge is 0.291 e. The van der Waals surface area contributed by atoms with E-state index in [2.05, 4.69) is 21.2 Å². The summed E-state index contributed by atoms with van der Waals surface area (Å²) in [6.45, 7) is 0.313. The summed E-state index contributed by atoms with van der Waals surface area (Å²) < 4.78 is 36.0. The van der Waals surface area contributed by atoms with E-state index in [-0.39, 0.29) is 24.8 Å². The Bertz CT molecular complexity index is 1000. The number of ether oxygens (including phenoxy) is 3. The quantitative estimate of drug-likeness (QED) is 0.628. The molecule has 1 aliphatic rings. The standard InChI is InChI=1S/C19H13BrFNO5/c20-11-1-4-15(14(21)7-11)22-19(23)17-6-3-13(27-17)9-24-12-2-5-16-18(8-12)26-10-25-16/h1-8H,9-10H2,(H,22,23). The van der Waals surface area contributed by atoms with E-state index in [0.717, 1.165) is 0 Å². The molecule has 27 heavy (non-hydrogen) atoms. The van der Waals surface area contributed by atoms with E-state index in [1.54, 1.807) is 30.3 Å². The summed E-state index contributed by atoms with van der Waals surface area (Å²) in [7, 11) is 0. The monoisotopic (exact) mass is 433 g/mol. The molecule has 0 saturated heterocycles. The number of amides is 1. The summed E-state index contributed by atoms with van der Waals surface area (Å²) >= 11 is 3.16. The SMILES string of the molecule is O=C(Nc1ccc(Br)cc1F)c1ccc(COc2ccc3c(c2)OCO3)o1. The Morgan fingerprint density at radius 3 is 2.81 bits per heavy atom.